The van der Waals surface area contributed by atoms with Crippen LogP contribution in [0.15, 0.2) is 30.3 Å². The van der Waals surface area contributed by atoms with Crippen molar-refractivity contribution in [2.45, 2.75) is 37.5 Å². The molecule has 4 heteroatoms. The van der Waals surface area contributed by atoms with Gasteiger partial charge in [0.1, 0.15) is 0 Å². The van der Waals surface area contributed by atoms with Crippen molar-refractivity contribution >= 4 is 5.91 Å². The third-order valence-corrected chi connectivity index (χ3v) is 5.04. The highest BCUT2D eigenvalue weighted by Crippen LogP contribution is 2.34. The first-order valence-corrected chi connectivity index (χ1v) is 7.63. The zero-order chi connectivity index (χ0) is 13.5. The summed E-state index contributed by atoms with van der Waals surface area (Å²) in [4.78, 5) is 16.9. The molecule has 0 aromatic heterocycles. The molecule has 3 atom stereocenters. The smallest absolute Gasteiger partial charge is 0.237 e. The molecule has 1 aromatic rings. The molecule has 3 saturated heterocycles. The van der Waals surface area contributed by atoms with Crippen LogP contribution in [0.25, 0.3) is 0 Å². The van der Waals surface area contributed by atoms with E-state index in [0.717, 1.165) is 32.6 Å². The maximum atomic E-state index is 11.8. The molecule has 4 nitrogen and oxygen atoms in total. The lowest BCUT2D eigenvalue weighted by Crippen LogP contribution is -2.52. The van der Waals surface area contributed by atoms with Crippen molar-refractivity contribution in [3.8, 4) is 0 Å². The van der Waals surface area contributed by atoms with Gasteiger partial charge in [-0.15, -0.1) is 0 Å². The second-order valence-corrected chi connectivity index (χ2v) is 6.25. The first kappa shape index (κ1) is 12.4. The quantitative estimate of drug-likeness (QED) is 0.884. The molecule has 0 spiro atoms. The molecule has 3 aliphatic rings. The third-order valence-electron chi connectivity index (χ3n) is 5.04. The Morgan fingerprint density at radius 1 is 1.15 bits per heavy atom. The molecule has 0 saturated carbocycles. The van der Waals surface area contributed by atoms with Crippen LogP contribution in [0.1, 0.15) is 18.4 Å². The lowest BCUT2D eigenvalue weighted by molar-refractivity contribution is -0.124. The van der Waals surface area contributed by atoms with Gasteiger partial charge in [-0.3, -0.25) is 14.6 Å². The highest BCUT2D eigenvalue weighted by molar-refractivity contribution is 5.83. The Morgan fingerprint density at radius 3 is 2.65 bits per heavy atom. The Kier molecular flexibility index (Phi) is 3.00. The molecule has 1 N–H and O–H groups in total. The summed E-state index contributed by atoms with van der Waals surface area (Å²) in [7, 11) is 0. The van der Waals surface area contributed by atoms with E-state index in [-0.39, 0.29) is 11.9 Å². The first-order valence-electron chi connectivity index (χ1n) is 7.63. The van der Waals surface area contributed by atoms with Crippen LogP contribution in [0.5, 0.6) is 0 Å². The number of fused-ring (bicyclic) bond motifs is 2. The number of piperazine rings is 1. The lowest BCUT2D eigenvalue weighted by atomic mass is 10.1. The predicted molar refractivity (Wildman–Crippen MR) is 77.2 cm³/mol. The summed E-state index contributed by atoms with van der Waals surface area (Å²) in [6.45, 7) is 4.08. The standard InChI is InChI=1S/C16H21N3O/c20-16-15(6-7-17-16)19-11-13-8-14(19)10-18(13)9-12-4-2-1-3-5-12/h1-5,13-15H,6-11H2,(H,17,20)/t13-,14-,15+/m0/s1. The van der Waals surface area contributed by atoms with E-state index >= 15 is 0 Å². The number of hydrogen-bond acceptors (Lipinski definition) is 3. The minimum atomic E-state index is 0.142. The fourth-order valence-corrected chi connectivity index (χ4v) is 4.07. The van der Waals surface area contributed by atoms with Crippen molar-refractivity contribution in [3.63, 3.8) is 0 Å². The number of rotatable bonds is 3. The molecule has 1 aromatic carbocycles. The zero-order valence-electron chi connectivity index (χ0n) is 11.7. The summed E-state index contributed by atoms with van der Waals surface area (Å²) in [5, 5.41) is 2.96. The lowest BCUT2D eigenvalue weighted by Gasteiger charge is -2.36. The molecule has 0 unspecified atom stereocenters. The number of nitrogens with zero attached hydrogens (tertiary/aromatic N) is 2. The van der Waals surface area contributed by atoms with E-state index in [9.17, 15) is 4.79 Å². The summed E-state index contributed by atoms with van der Waals surface area (Å²) >= 11 is 0. The summed E-state index contributed by atoms with van der Waals surface area (Å²) in [5.74, 6) is 0.243. The van der Waals surface area contributed by atoms with Gasteiger partial charge in [0, 0.05) is 38.3 Å². The Balaban J connectivity index is 1.41. The molecule has 4 rings (SSSR count). The van der Waals surface area contributed by atoms with Crippen LogP contribution < -0.4 is 5.32 Å². The van der Waals surface area contributed by atoms with Crippen LogP contribution in [0.4, 0.5) is 0 Å². The van der Waals surface area contributed by atoms with Gasteiger partial charge in [0.15, 0.2) is 0 Å². The van der Waals surface area contributed by atoms with E-state index in [1.807, 2.05) is 0 Å². The van der Waals surface area contributed by atoms with Crippen LogP contribution >= 0.6 is 0 Å². The molecule has 3 fully saturated rings. The summed E-state index contributed by atoms with van der Waals surface area (Å²) in [6, 6.07) is 12.1. The van der Waals surface area contributed by atoms with E-state index in [1.165, 1.54) is 12.0 Å². The molecule has 3 aliphatic heterocycles. The Hall–Kier alpha value is -1.39. The molecule has 0 radical (unpaired) electrons. The van der Waals surface area contributed by atoms with Gasteiger partial charge in [-0.05, 0) is 18.4 Å². The van der Waals surface area contributed by atoms with Crippen LogP contribution in [0.3, 0.4) is 0 Å². The fraction of sp³-hybridized carbons (Fsp3) is 0.562. The van der Waals surface area contributed by atoms with Crippen LogP contribution in [-0.2, 0) is 11.3 Å². The number of amides is 1. The average Bonchev–Trinajstić information content (AvgIpc) is 3.14. The Morgan fingerprint density at radius 2 is 2.00 bits per heavy atom. The first-order chi connectivity index (χ1) is 9.81. The fourth-order valence-electron chi connectivity index (χ4n) is 4.07. The number of likely N-dealkylation sites (tertiary alicyclic amines) is 2. The van der Waals surface area contributed by atoms with Gasteiger partial charge in [0.05, 0.1) is 6.04 Å². The van der Waals surface area contributed by atoms with Crippen molar-refractivity contribution in [2.24, 2.45) is 0 Å². The van der Waals surface area contributed by atoms with Gasteiger partial charge in [0.2, 0.25) is 5.91 Å². The van der Waals surface area contributed by atoms with E-state index in [1.54, 1.807) is 0 Å². The topological polar surface area (TPSA) is 35.6 Å². The molecule has 106 valence electrons. The molecule has 2 bridgehead atoms. The molecule has 1 amide bonds. The van der Waals surface area contributed by atoms with E-state index in [4.69, 9.17) is 0 Å². The number of carbonyl (C=O) groups is 1. The number of nitrogens with one attached hydrogen (secondary N) is 1. The van der Waals surface area contributed by atoms with Gasteiger partial charge in [-0.2, -0.15) is 0 Å². The van der Waals surface area contributed by atoms with Gasteiger partial charge in [0.25, 0.3) is 0 Å². The van der Waals surface area contributed by atoms with Crippen LogP contribution in [0, 0.1) is 0 Å². The molecule has 20 heavy (non-hydrogen) atoms. The van der Waals surface area contributed by atoms with Crippen LogP contribution in [-0.4, -0.2) is 53.5 Å². The highest BCUT2D eigenvalue weighted by Gasteiger charge is 2.47. The van der Waals surface area contributed by atoms with E-state index in [0.29, 0.717) is 12.1 Å². The van der Waals surface area contributed by atoms with Crippen LogP contribution in [0.2, 0.25) is 0 Å². The van der Waals surface area contributed by atoms with E-state index < -0.39 is 0 Å². The van der Waals surface area contributed by atoms with Crippen molar-refractivity contribution in [2.75, 3.05) is 19.6 Å². The average molecular weight is 271 g/mol. The molecule has 0 aliphatic carbocycles. The minimum absolute atomic E-state index is 0.142. The van der Waals surface area contributed by atoms with Crippen molar-refractivity contribution < 1.29 is 4.79 Å². The van der Waals surface area contributed by atoms with Gasteiger partial charge in [-0.25, -0.2) is 0 Å². The summed E-state index contributed by atoms with van der Waals surface area (Å²) in [5.41, 5.74) is 1.39. The number of benzene rings is 1. The molecule has 3 heterocycles. The van der Waals surface area contributed by atoms with Gasteiger partial charge in [-0.1, -0.05) is 30.3 Å². The maximum Gasteiger partial charge on any atom is 0.237 e. The monoisotopic (exact) mass is 271 g/mol. The van der Waals surface area contributed by atoms with Gasteiger partial charge < -0.3 is 5.32 Å². The minimum Gasteiger partial charge on any atom is -0.355 e. The second-order valence-electron chi connectivity index (χ2n) is 6.25. The van der Waals surface area contributed by atoms with Gasteiger partial charge >= 0.3 is 0 Å². The highest BCUT2D eigenvalue weighted by atomic mass is 16.2. The SMILES string of the molecule is O=C1NCC[C@H]1N1C[C@@H]2C[C@H]1CN2Cc1ccccc1. The zero-order valence-corrected chi connectivity index (χ0v) is 11.7. The Bertz CT molecular complexity index is 504. The van der Waals surface area contributed by atoms with Crippen molar-refractivity contribution in [1.82, 2.24) is 15.1 Å². The summed E-state index contributed by atoms with van der Waals surface area (Å²) in [6.07, 6.45) is 2.22. The second kappa shape index (κ2) is 4.86. The molecular formula is C16H21N3O. The normalized spacial score (nSPS) is 33.8. The largest absolute Gasteiger partial charge is 0.355 e. The van der Waals surface area contributed by atoms with E-state index in [2.05, 4.69) is 45.4 Å². The molecular weight excluding hydrogens is 250 g/mol. The van der Waals surface area contributed by atoms with Crippen molar-refractivity contribution in [1.29, 1.82) is 0 Å². The summed E-state index contributed by atoms with van der Waals surface area (Å²) < 4.78 is 0. The third kappa shape index (κ3) is 2.03. The predicted octanol–water partition coefficient (Wildman–Crippen LogP) is 0.834. The number of carbonyl (C=O) groups excluding carboxylic acids is 1. The Labute approximate surface area is 119 Å². The van der Waals surface area contributed by atoms with Crippen molar-refractivity contribution in [3.05, 3.63) is 35.9 Å². The number of hydrogen-bond donors (Lipinski definition) is 1. The maximum absolute atomic E-state index is 11.8.